The number of fused-ring (bicyclic) bond motifs is 1. The van der Waals surface area contributed by atoms with Crippen LogP contribution in [0.3, 0.4) is 0 Å². The maximum absolute atomic E-state index is 12.8. The highest BCUT2D eigenvalue weighted by Crippen LogP contribution is 2.31. The first-order valence-corrected chi connectivity index (χ1v) is 12.0. The van der Waals surface area contributed by atoms with Crippen LogP contribution in [0.5, 0.6) is 5.75 Å². The molecule has 3 aliphatic rings. The lowest BCUT2D eigenvalue weighted by Gasteiger charge is -2.30. The molecule has 0 atom stereocenters. The van der Waals surface area contributed by atoms with E-state index in [-0.39, 0.29) is 11.4 Å². The lowest BCUT2D eigenvalue weighted by molar-refractivity contribution is -0.114. The Balaban J connectivity index is 1.30. The average Bonchev–Trinajstić information content (AvgIpc) is 3.45. The Bertz CT molecular complexity index is 1140. The number of ether oxygens (including phenoxy) is 1. The van der Waals surface area contributed by atoms with Gasteiger partial charge in [0, 0.05) is 25.0 Å². The summed E-state index contributed by atoms with van der Waals surface area (Å²) in [6, 6.07) is 13.5. The fraction of sp³-hybridized carbons (Fsp3) is 0.333. The van der Waals surface area contributed by atoms with Crippen molar-refractivity contribution >= 4 is 39.9 Å². The monoisotopic (exact) mass is 462 g/mol. The second-order valence-electron chi connectivity index (χ2n) is 8.36. The van der Waals surface area contributed by atoms with Crippen LogP contribution in [-0.4, -0.2) is 56.3 Å². The number of benzene rings is 1. The molecule has 0 spiro atoms. The van der Waals surface area contributed by atoms with Gasteiger partial charge in [-0.2, -0.15) is 10.0 Å². The van der Waals surface area contributed by atoms with Crippen molar-refractivity contribution < 1.29 is 9.53 Å². The Labute approximate surface area is 197 Å². The van der Waals surface area contributed by atoms with Crippen molar-refractivity contribution in [2.24, 2.45) is 16.0 Å². The predicted molar refractivity (Wildman–Crippen MR) is 131 cm³/mol. The minimum absolute atomic E-state index is 0.0613. The minimum atomic E-state index is -0.407. The number of carbonyl (C=O) groups excluding carboxylic acids is 1. The molecule has 0 radical (unpaired) electrons. The molecule has 0 bridgehead atoms. The van der Waals surface area contributed by atoms with Gasteiger partial charge < -0.3 is 14.2 Å². The number of nitrogens with one attached hydrogen (secondary N) is 1. The first-order chi connectivity index (χ1) is 16.1. The zero-order valence-corrected chi connectivity index (χ0v) is 19.3. The molecule has 9 heteroatoms. The molecule has 3 aliphatic heterocycles. The molecule has 1 aromatic carbocycles. The highest BCUT2D eigenvalue weighted by Gasteiger charge is 2.37. The Kier molecular flexibility index (Phi) is 6.04. The summed E-state index contributed by atoms with van der Waals surface area (Å²) < 4.78 is 7.79. The van der Waals surface area contributed by atoms with Crippen molar-refractivity contribution in [3.63, 3.8) is 0 Å². The van der Waals surface area contributed by atoms with Gasteiger partial charge in [-0.25, -0.2) is 0 Å². The molecule has 1 fully saturated rings. The molecule has 0 aliphatic carbocycles. The van der Waals surface area contributed by atoms with Crippen LogP contribution in [0.25, 0.3) is 6.08 Å². The molecule has 0 saturated carbocycles. The van der Waals surface area contributed by atoms with Crippen molar-refractivity contribution in [3.8, 4) is 5.75 Å². The highest BCUT2D eigenvalue weighted by molar-refractivity contribution is 8.26. The second-order valence-corrected chi connectivity index (χ2v) is 9.29. The lowest BCUT2D eigenvalue weighted by Crippen LogP contribution is -2.36. The number of aliphatic imine (C=N–C) groups is 1. The topological polar surface area (TPSA) is 86.3 Å². The Morgan fingerprint density at radius 3 is 2.73 bits per heavy atom. The van der Waals surface area contributed by atoms with E-state index in [2.05, 4.69) is 21.9 Å². The Morgan fingerprint density at radius 2 is 1.94 bits per heavy atom. The molecule has 1 saturated heterocycles. The van der Waals surface area contributed by atoms with E-state index in [0.717, 1.165) is 48.5 Å². The minimum Gasteiger partial charge on any atom is -0.492 e. The van der Waals surface area contributed by atoms with Crippen molar-refractivity contribution in [1.29, 1.82) is 5.41 Å². The van der Waals surface area contributed by atoms with E-state index in [1.807, 2.05) is 53.2 Å². The van der Waals surface area contributed by atoms with Crippen LogP contribution in [0.1, 0.15) is 25.5 Å². The highest BCUT2D eigenvalue weighted by atomic mass is 32.2. The molecule has 1 N–H and O–H groups in total. The van der Waals surface area contributed by atoms with Crippen molar-refractivity contribution in [3.05, 3.63) is 59.9 Å². The zero-order chi connectivity index (χ0) is 22.8. The molecular weight excluding hydrogens is 436 g/mol. The quantitative estimate of drug-likeness (QED) is 0.682. The van der Waals surface area contributed by atoms with Gasteiger partial charge in [0.25, 0.3) is 5.91 Å². The summed E-state index contributed by atoms with van der Waals surface area (Å²) in [5.74, 6) is 1.19. The summed E-state index contributed by atoms with van der Waals surface area (Å²) in [6.45, 7) is 5.26. The number of para-hydroxylation sites is 1. The summed E-state index contributed by atoms with van der Waals surface area (Å²) in [4.78, 5) is 19.2. The van der Waals surface area contributed by atoms with E-state index in [1.165, 1.54) is 16.8 Å². The molecule has 33 heavy (non-hydrogen) atoms. The van der Waals surface area contributed by atoms with E-state index < -0.39 is 5.91 Å². The van der Waals surface area contributed by atoms with Gasteiger partial charge in [0.15, 0.2) is 11.0 Å². The van der Waals surface area contributed by atoms with Gasteiger partial charge in [-0.15, -0.1) is 5.10 Å². The number of piperidine rings is 1. The Morgan fingerprint density at radius 1 is 1.15 bits per heavy atom. The van der Waals surface area contributed by atoms with E-state index >= 15 is 0 Å². The van der Waals surface area contributed by atoms with E-state index in [1.54, 1.807) is 6.08 Å². The van der Waals surface area contributed by atoms with E-state index in [4.69, 9.17) is 10.1 Å². The largest absolute Gasteiger partial charge is 0.492 e. The summed E-state index contributed by atoms with van der Waals surface area (Å²) in [6.07, 6.45) is 5.90. The summed E-state index contributed by atoms with van der Waals surface area (Å²) in [5, 5.41) is 16.0. The maximum atomic E-state index is 12.8. The molecule has 2 aromatic rings. The number of carbonyl (C=O) groups is 1. The van der Waals surface area contributed by atoms with Gasteiger partial charge in [-0.3, -0.25) is 10.2 Å². The normalized spacial score (nSPS) is 20.2. The lowest BCUT2D eigenvalue weighted by atomic mass is 10.00. The van der Waals surface area contributed by atoms with Crippen LogP contribution >= 0.6 is 11.8 Å². The van der Waals surface area contributed by atoms with Crippen LogP contribution in [0.2, 0.25) is 0 Å². The number of likely N-dealkylation sites (tertiary alicyclic amines) is 1. The molecule has 4 heterocycles. The third-order valence-electron chi connectivity index (χ3n) is 6.00. The van der Waals surface area contributed by atoms with Gasteiger partial charge in [0.05, 0.1) is 12.1 Å². The van der Waals surface area contributed by atoms with E-state index in [0.29, 0.717) is 18.3 Å². The third-order valence-corrected chi connectivity index (χ3v) is 6.97. The average molecular weight is 463 g/mol. The van der Waals surface area contributed by atoms with Crippen molar-refractivity contribution in [2.75, 3.05) is 19.7 Å². The fourth-order valence-electron chi connectivity index (χ4n) is 4.00. The van der Waals surface area contributed by atoms with Crippen LogP contribution in [0, 0.1) is 11.3 Å². The second kappa shape index (κ2) is 9.27. The predicted octanol–water partition coefficient (Wildman–Crippen LogP) is 3.88. The van der Waals surface area contributed by atoms with Crippen LogP contribution in [0.15, 0.2) is 64.3 Å². The molecule has 0 unspecified atom stereocenters. The molecule has 1 amide bonds. The molecular formula is C24H26N6O2S. The molecule has 8 nitrogen and oxygen atoms in total. The van der Waals surface area contributed by atoms with E-state index in [9.17, 15) is 4.79 Å². The summed E-state index contributed by atoms with van der Waals surface area (Å²) in [5.41, 5.74) is 1.06. The van der Waals surface area contributed by atoms with Crippen molar-refractivity contribution in [1.82, 2.24) is 14.5 Å². The summed E-state index contributed by atoms with van der Waals surface area (Å²) in [7, 11) is 0. The third kappa shape index (κ3) is 4.59. The van der Waals surface area contributed by atoms with Crippen LogP contribution in [0.4, 0.5) is 0 Å². The molecule has 5 rings (SSSR count). The first kappa shape index (κ1) is 21.5. The van der Waals surface area contributed by atoms with Gasteiger partial charge in [-0.05, 0) is 60.9 Å². The number of thioether (sulfide) groups is 1. The van der Waals surface area contributed by atoms with Crippen molar-refractivity contribution in [2.45, 2.75) is 26.3 Å². The molecule has 1 aromatic heterocycles. The number of hydrazone groups is 1. The van der Waals surface area contributed by atoms with Crippen LogP contribution in [-0.2, 0) is 11.3 Å². The fourth-order valence-corrected chi connectivity index (χ4v) is 4.94. The smallest absolute Gasteiger partial charge is 0.283 e. The number of nitrogens with zero attached hydrogens (tertiary/aromatic N) is 5. The molecule has 170 valence electrons. The number of hydrogen-bond acceptors (Lipinski definition) is 6. The Hall–Kier alpha value is -3.33. The summed E-state index contributed by atoms with van der Waals surface area (Å²) >= 11 is 1.37. The van der Waals surface area contributed by atoms with Gasteiger partial charge in [-0.1, -0.05) is 25.1 Å². The number of amides is 1. The standard InChI is InChI=1S/C24H26N6O2S/c1-17-9-12-29(13-10-17)24-27-30-21(25)20(22(31)26-23(30)33-24)16-18-6-5-11-28(18)14-15-32-19-7-3-2-4-8-19/h2-8,11,16-17,25H,9-10,12-15H2,1H3/b20-16+,25-21?. The number of amidine groups is 3. The first-order valence-electron chi connectivity index (χ1n) is 11.2. The number of rotatable bonds is 5. The van der Waals surface area contributed by atoms with Gasteiger partial charge >= 0.3 is 0 Å². The number of aromatic nitrogens is 1. The number of hydrogen-bond donors (Lipinski definition) is 1. The SMILES string of the molecule is CC1CCN(C2=NN3C(=N)/C(=C\c4cccn4CCOc4ccccc4)C(=O)N=C3S2)CC1. The van der Waals surface area contributed by atoms with Gasteiger partial charge in [0.1, 0.15) is 12.4 Å². The maximum Gasteiger partial charge on any atom is 0.283 e. The zero-order valence-electron chi connectivity index (χ0n) is 18.5. The van der Waals surface area contributed by atoms with Gasteiger partial charge in [0.2, 0.25) is 5.17 Å². The van der Waals surface area contributed by atoms with Crippen LogP contribution < -0.4 is 4.74 Å².